The van der Waals surface area contributed by atoms with E-state index in [4.69, 9.17) is 10.5 Å². The van der Waals surface area contributed by atoms with Crippen LogP contribution < -0.4 is 16.4 Å². The highest BCUT2D eigenvalue weighted by Gasteiger charge is 2.07. The molecule has 22 heavy (non-hydrogen) atoms. The molecule has 4 N–H and O–H groups in total. The minimum atomic E-state index is 0.534. The number of methoxy groups -OCH3 is 1. The van der Waals surface area contributed by atoms with Gasteiger partial charge in [0.05, 0.1) is 0 Å². The Morgan fingerprint density at radius 2 is 1.77 bits per heavy atom. The molecule has 2 aromatic rings. The van der Waals surface area contributed by atoms with Crippen molar-refractivity contribution in [3.8, 4) is 0 Å². The molecule has 0 saturated heterocycles. The molecule has 0 amide bonds. The normalized spacial score (nSPS) is 10.5. The molecular weight excluding hydrogens is 278 g/mol. The molecule has 1 heterocycles. The van der Waals surface area contributed by atoms with Gasteiger partial charge in [0.2, 0.25) is 0 Å². The third-order valence-electron chi connectivity index (χ3n) is 3.28. The topological polar surface area (TPSA) is 85.1 Å². The molecule has 1 aromatic heterocycles. The summed E-state index contributed by atoms with van der Waals surface area (Å²) in [5.74, 6) is 1.29. The fourth-order valence-corrected chi connectivity index (χ4v) is 1.99. The van der Waals surface area contributed by atoms with E-state index in [0.717, 1.165) is 13.0 Å². The van der Waals surface area contributed by atoms with Crippen LogP contribution >= 0.6 is 0 Å². The Morgan fingerprint density at radius 3 is 2.45 bits per heavy atom. The summed E-state index contributed by atoms with van der Waals surface area (Å²) in [6.07, 6.45) is 2.40. The van der Waals surface area contributed by atoms with Gasteiger partial charge in [0.15, 0.2) is 11.6 Å². The molecule has 0 aliphatic heterocycles. The van der Waals surface area contributed by atoms with Crippen molar-refractivity contribution in [2.24, 2.45) is 0 Å². The number of nitrogen functional groups attached to an aromatic ring is 1. The second kappa shape index (κ2) is 8.19. The lowest BCUT2D eigenvalue weighted by Crippen LogP contribution is -2.11. The van der Waals surface area contributed by atoms with Crippen LogP contribution in [0.5, 0.6) is 0 Å². The Labute approximate surface area is 131 Å². The van der Waals surface area contributed by atoms with Crippen LogP contribution in [0, 0.1) is 6.92 Å². The zero-order chi connectivity index (χ0) is 15.8. The first-order valence-corrected chi connectivity index (χ1v) is 7.33. The van der Waals surface area contributed by atoms with Gasteiger partial charge in [-0.25, -0.2) is 9.97 Å². The fraction of sp³-hybridized carbons (Fsp3) is 0.375. The van der Waals surface area contributed by atoms with Gasteiger partial charge in [-0.15, -0.1) is 0 Å². The van der Waals surface area contributed by atoms with Gasteiger partial charge < -0.3 is 21.1 Å². The highest BCUT2D eigenvalue weighted by atomic mass is 16.5. The van der Waals surface area contributed by atoms with Gasteiger partial charge in [-0.05, 0) is 18.9 Å². The number of aromatic nitrogens is 2. The zero-order valence-corrected chi connectivity index (χ0v) is 13.1. The first-order valence-electron chi connectivity index (χ1n) is 7.33. The summed E-state index contributed by atoms with van der Waals surface area (Å²) in [6.45, 7) is 4.20. The van der Waals surface area contributed by atoms with E-state index in [1.165, 1.54) is 17.5 Å². The number of benzene rings is 1. The van der Waals surface area contributed by atoms with Gasteiger partial charge in [0.1, 0.15) is 12.0 Å². The molecule has 118 valence electrons. The SMILES string of the molecule is COCCCNc1ncnc(NCc2ccc(C)cc2)c1N. The van der Waals surface area contributed by atoms with Crippen molar-refractivity contribution >= 4 is 17.3 Å². The highest BCUT2D eigenvalue weighted by molar-refractivity contribution is 5.73. The summed E-state index contributed by atoms with van der Waals surface area (Å²) in [6, 6.07) is 8.35. The molecule has 0 radical (unpaired) electrons. The van der Waals surface area contributed by atoms with Crippen molar-refractivity contribution in [1.82, 2.24) is 9.97 Å². The molecule has 0 spiro atoms. The molecule has 2 rings (SSSR count). The van der Waals surface area contributed by atoms with Crippen molar-refractivity contribution in [3.05, 3.63) is 41.7 Å². The van der Waals surface area contributed by atoms with Gasteiger partial charge >= 0.3 is 0 Å². The molecule has 0 saturated carbocycles. The summed E-state index contributed by atoms with van der Waals surface area (Å²) in [5, 5.41) is 6.45. The van der Waals surface area contributed by atoms with Crippen LogP contribution in [0.15, 0.2) is 30.6 Å². The minimum absolute atomic E-state index is 0.534. The Morgan fingerprint density at radius 1 is 1.09 bits per heavy atom. The third-order valence-corrected chi connectivity index (χ3v) is 3.28. The van der Waals surface area contributed by atoms with Crippen molar-refractivity contribution in [2.45, 2.75) is 19.9 Å². The monoisotopic (exact) mass is 301 g/mol. The second-order valence-corrected chi connectivity index (χ2v) is 5.10. The van der Waals surface area contributed by atoms with Gasteiger partial charge in [0.25, 0.3) is 0 Å². The summed E-state index contributed by atoms with van der Waals surface area (Å²) in [5.41, 5.74) is 9.06. The number of nitrogens with zero attached hydrogens (tertiary/aromatic N) is 2. The van der Waals surface area contributed by atoms with Gasteiger partial charge in [0, 0.05) is 26.8 Å². The number of nitrogens with two attached hydrogens (primary N) is 1. The van der Waals surface area contributed by atoms with Crippen LogP contribution in [0.4, 0.5) is 17.3 Å². The lowest BCUT2D eigenvalue weighted by atomic mass is 10.1. The van der Waals surface area contributed by atoms with E-state index in [1.807, 2.05) is 0 Å². The van der Waals surface area contributed by atoms with E-state index in [0.29, 0.717) is 30.5 Å². The number of anilines is 3. The number of hydrogen-bond acceptors (Lipinski definition) is 6. The minimum Gasteiger partial charge on any atom is -0.393 e. The standard InChI is InChI=1S/C16H23N5O/c1-12-4-6-13(7-5-12)10-19-16-14(17)15(20-11-21-16)18-8-3-9-22-2/h4-7,11H,3,8-10,17H2,1-2H3,(H2,18,19,20,21). The lowest BCUT2D eigenvalue weighted by molar-refractivity contribution is 0.198. The predicted octanol–water partition coefficient (Wildman–Crippen LogP) is 2.43. The van der Waals surface area contributed by atoms with E-state index < -0.39 is 0 Å². The average Bonchev–Trinajstić information content (AvgIpc) is 2.53. The van der Waals surface area contributed by atoms with Crippen LogP contribution in [-0.4, -0.2) is 30.2 Å². The largest absolute Gasteiger partial charge is 0.393 e. The van der Waals surface area contributed by atoms with E-state index >= 15 is 0 Å². The van der Waals surface area contributed by atoms with Crippen LogP contribution in [0.25, 0.3) is 0 Å². The van der Waals surface area contributed by atoms with Crippen molar-refractivity contribution < 1.29 is 4.74 Å². The number of hydrogen-bond donors (Lipinski definition) is 3. The Bertz CT molecular complexity index is 586. The summed E-state index contributed by atoms with van der Waals surface area (Å²) >= 11 is 0. The van der Waals surface area contributed by atoms with Crippen LogP contribution in [0.3, 0.4) is 0 Å². The Kier molecular flexibility index (Phi) is 5.97. The smallest absolute Gasteiger partial charge is 0.155 e. The molecule has 0 atom stereocenters. The molecule has 0 aliphatic carbocycles. The van der Waals surface area contributed by atoms with Crippen LogP contribution in [-0.2, 0) is 11.3 Å². The summed E-state index contributed by atoms with van der Waals surface area (Å²) in [7, 11) is 1.69. The Balaban J connectivity index is 1.94. The molecule has 6 nitrogen and oxygen atoms in total. The van der Waals surface area contributed by atoms with Crippen molar-refractivity contribution in [3.63, 3.8) is 0 Å². The van der Waals surface area contributed by atoms with E-state index in [2.05, 4.69) is 51.8 Å². The molecule has 0 unspecified atom stereocenters. The number of aryl methyl sites for hydroxylation is 1. The Hall–Kier alpha value is -2.34. The van der Waals surface area contributed by atoms with Gasteiger partial charge in [-0.3, -0.25) is 0 Å². The average molecular weight is 301 g/mol. The zero-order valence-electron chi connectivity index (χ0n) is 13.1. The van der Waals surface area contributed by atoms with Gasteiger partial charge in [-0.1, -0.05) is 29.8 Å². The van der Waals surface area contributed by atoms with Crippen molar-refractivity contribution in [1.29, 1.82) is 0 Å². The lowest BCUT2D eigenvalue weighted by Gasteiger charge is -2.12. The predicted molar refractivity (Wildman–Crippen MR) is 89.9 cm³/mol. The third kappa shape index (κ3) is 4.60. The molecular formula is C16H23N5O. The first-order chi connectivity index (χ1) is 10.7. The van der Waals surface area contributed by atoms with E-state index in [1.54, 1.807) is 7.11 Å². The van der Waals surface area contributed by atoms with Crippen LogP contribution in [0.1, 0.15) is 17.5 Å². The molecule has 0 aliphatic rings. The molecule has 0 bridgehead atoms. The number of nitrogens with one attached hydrogen (secondary N) is 2. The second-order valence-electron chi connectivity index (χ2n) is 5.10. The molecule has 6 heteroatoms. The number of ether oxygens (including phenoxy) is 1. The summed E-state index contributed by atoms with van der Waals surface area (Å²) in [4.78, 5) is 8.38. The fourth-order valence-electron chi connectivity index (χ4n) is 1.99. The maximum absolute atomic E-state index is 6.11. The van der Waals surface area contributed by atoms with E-state index in [9.17, 15) is 0 Å². The molecule has 0 fully saturated rings. The van der Waals surface area contributed by atoms with E-state index in [-0.39, 0.29) is 0 Å². The first kappa shape index (κ1) is 16.0. The van der Waals surface area contributed by atoms with Crippen molar-refractivity contribution in [2.75, 3.05) is 36.6 Å². The maximum atomic E-state index is 6.11. The maximum Gasteiger partial charge on any atom is 0.155 e. The van der Waals surface area contributed by atoms with Crippen LogP contribution in [0.2, 0.25) is 0 Å². The molecule has 1 aromatic carbocycles. The quantitative estimate of drug-likeness (QED) is 0.649. The highest BCUT2D eigenvalue weighted by Crippen LogP contribution is 2.22. The summed E-state index contributed by atoms with van der Waals surface area (Å²) < 4.78 is 5.01. The number of rotatable bonds is 8. The van der Waals surface area contributed by atoms with Gasteiger partial charge in [-0.2, -0.15) is 0 Å².